The maximum absolute atomic E-state index is 13.7. The number of esters is 1. The smallest absolute Gasteiger partial charge is 0.430 e. The SMILES string of the molecule is CCOC(=O)NN(C(=O)OCC)[C@]1(C(=O)OC(C)(C)C)Cc2cc3c(cc2C1=O)OCO3. The van der Waals surface area contributed by atoms with E-state index in [0.717, 1.165) is 0 Å². The first-order valence-electron chi connectivity index (χ1n) is 10.1. The molecular formula is C21H26N2O9. The van der Waals surface area contributed by atoms with Crippen molar-refractivity contribution < 1.29 is 42.9 Å². The minimum absolute atomic E-state index is 0.00247. The van der Waals surface area contributed by atoms with Crippen molar-refractivity contribution in [3.05, 3.63) is 23.3 Å². The van der Waals surface area contributed by atoms with Gasteiger partial charge in [0.15, 0.2) is 11.5 Å². The lowest BCUT2D eigenvalue weighted by Crippen LogP contribution is -2.68. The zero-order valence-corrected chi connectivity index (χ0v) is 18.6. The van der Waals surface area contributed by atoms with Crippen molar-refractivity contribution in [1.29, 1.82) is 0 Å². The van der Waals surface area contributed by atoms with Gasteiger partial charge in [-0.25, -0.2) is 19.8 Å². The highest BCUT2D eigenvalue weighted by atomic mass is 16.7. The lowest BCUT2D eigenvalue weighted by molar-refractivity contribution is -0.166. The zero-order valence-electron chi connectivity index (χ0n) is 18.6. The van der Waals surface area contributed by atoms with E-state index >= 15 is 0 Å². The van der Waals surface area contributed by atoms with Crippen LogP contribution in [0.2, 0.25) is 0 Å². The van der Waals surface area contributed by atoms with E-state index in [4.69, 9.17) is 23.7 Å². The van der Waals surface area contributed by atoms with Gasteiger partial charge in [0, 0.05) is 12.0 Å². The summed E-state index contributed by atoms with van der Waals surface area (Å²) in [5.74, 6) is -1.06. The quantitative estimate of drug-likeness (QED) is 0.318. The van der Waals surface area contributed by atoms with Gasteiger partial charge in [-0.15, -0.1) is 0 Å². The van der Waals surface area contributed by atoms with Crippen molar-refractivity contribution >= 4 is 23.9 Å². The van der Waals surface area contributed by atoms with Gasteiger partial charge in [0.2, 0.25) is 18.1 Å². The first-order chi connectivity index (χ1) is 15.0. The second kappa shape index (κ2) is 8.56. The number of carbonyl (C=O) groups is 4. The third kappa shape index (κ3) is 4.14. The Balaban J connectivity index is 2.13. The fourth-order valence-electron chi connectivity index (χ4n) is 3.46. The molecule has 1 aliphatic carbocycles. The molecule has 11 heteroatoms. The molecule has 0 spiro atoms. The van der Waals surface area contributed by atoms with E-state index in [9.17, 15) is 19.2 Å². The van der Waals surface area contributed by atoms with Gasteiger partial charge in [0.25, 0.3) is 0 Å². The van der Waals surface area contributed by atoms with Gasteiger partial charge in [-0.3, -0.25) is 4.79 Å². The molecule has 174 valence electrons. The van der Waals surface area contributed by atoms with Gasteiger partial charge in [-0.2, -0.15) is 5.01 Å². The molecule has 11 nitrogen and oxygen atoms in total. The van der Waals surface area contributed by atoms with Crippen molar-refractivity contribution in [2.75, 3.05) is 20.0 Å². The fourth-order valence-corrected chi connectivity index (χ4v) is 3.46. The Labute approximate surface area is 184 Å². The number of ether oxygens (including phenoxy) is 5. The van der Waals surface area contributed by atoms with E-state index in [1.807, 2.05) is 0 Å². The number of fused-ring (bicyclic) bond motifs is 2. The van der Waals surface area contributed by atoms with Crippen LogP contribution in [0.1, 0.15) is 50.5 Å². The van der Waals surface area contributed by atoms with Crippen LogP contribution in [-0.4, -0.2) is 60.1 Å². The lowest BCUT2D eigenvalue weighted by Gasteiger charge is -2.37. The summed E-state index contributed by atoms with van der Waals surface area (Å²) in [5.41, 5.74) is -0.501. The van der Waals surface area contributed by atoms with Crippen LogP contribution in [0.5, 0.6) is 11.5 Å². The third-order valence-corrected chi connectivity index (χ3v) is 4.71. The van der Waals surface area contributed by atoms with Gasteiger partial charge >= 0.3 is 18.2 Å². The summed E-state index contributed by atoms with van der Waals surface area (Å²) >= 11 is 0. The molecule has 1 aromatic rings. The summed E-state index contributed by atoms with van der Waals surface area (Å²) < 4.78 is 26.1. The van der Waals surface area contributed by atoms with Gasteiger partial charge in [0.1, 0.15) is 5.60 Å². The lowest BCUT2D eigenvalue weighted by atomic mass is 9.93. The monoisotopic (exact) mass is 450 g/mol. The van der Waals surface area contributed by atoms with Crippen LogP contribution in [0.15, 0.2) is 12.1 Å². The van der Waals surface area contributed by atoms with E-state index in [2.05, 4.69) is 5.43 Å². The molecule has 0 radical (unpaired) electrons. The van der Waals surface area contributed by atoms with Crippen molar-refractivity contribution in [2.45, 2.75) is 52.2 Å². The summed E-state index contributed by atoms with van der Waals surface area (Å²) in [7, 11) is 0. The predicted molar refractivity (Wildman–Crippen MR) is 108 cm³/mol. The molecule has 1 aromatic carbocycles. The summed E-state index contributed by atoms with van der Waals surface area (Å²) in [5, 5.41) is 0.553. The van der Waals surface area contributed by atoms with Crippen molar-refractivity contribution in [3.63, 3.8) is 0 Å². The van der Waals surface area contributed by atoms with Crippen LogP contribution in [0, 0.1) is 0 Å². The molecule has 0 saturated carbocycles. The van der Waals surface area contributed by atoms with E-state index < -0.39 is 35.1 Å². The highest BCUT2D eigenvalue weighted by Crippen LogP contribution is 2.43. The number of benzene rings is 1. The van der Waals surface area contributed by atoms with E-state index in [0.29, 0.717) is 22.1 Å². The van der Waals surface area contributed by atoms with Crippen molar-refractivity contribution in [2.24, 2.45) is 0 Å². The van der Waals surface area contributed by atoms with E-state index in [1.54, 1.807) is 40.7 Å². The van der Waals surface area contributed by atoms with Crippen LogP contribution in [-0.2, 0) is 25.4 Å². The Morgan fingerprint density at radius 3 is 2.31 bits per heavy atom. The second-order valence-corrected chi connectivity index (χ2v) is 8.10. The van der Waals surface area contributed by atoms with E-state index in [1.165, 1.54) is 6.07 Å². The number of hydrazine groups is 1. The molecule has 1 N–H and O–H groups in total. The summed E-state index contributed by atoms with van der Waals surface area (Å²) in [4.78, 5) is 52.2. The molecule has 0 saturated heterocycles. The summed E-state index contributed by atoms with van der Waals surface area (Å²) in [6, 6.07) is 3.01. The van der Waals surface area contributed by atoms with Gasteiger partial charge in [-0.1, -0.05) is 0 Å². The highest BCUT2D eigenvalue weighted by molar-refractivity contribution is 6.21. The topological polar surface area (TPSA) is 130 Å². The number of hydrogen-bond donors (Lipinski definition) is 1. The normalized spacial score (nSPS) is 18.6. The number of hydrogen-bond acceptors (Lipinski definition) is 9. The second-order valence-electron chi connectivity index (χ2n) is 8.10. The van der Waals surface area contributed by atoms with Crippen LogP contribution in [0.4, 0.5) is 9.59 Å². The largest absolute Gasteiger partial charge is 0.458 e. The van der Waals surface area contributed by atoms with Gasteiger partial charge in [0.05, 0.1) is 13.2 Å². The molecular weight excluding hydrogens is 424 g/mol. The molecule has 2 aliphatic rings. The van der Waals surface area contributed by atoms with Crippen LogP contribution >= 0.6 is 0 Å². The van der Waals surface area contributed by atoms with E-state index in [-0.39, 0.29) is 32.0 Å². The molecule has 0 fully saturated rings. The maximum atomic E-state index is 13.7. The van der Waals surface area contributed by atoms with Crippen LogP contribution in [0.3, 0.4) is 0 Å². The molecule has 0 unspecified atom stereocenters. The Kier molecular flexibility index (Phi) is 6.20. The summed E-state index contributed by atoms with van der Waals surface area (Å²) in [6.45, 7) is 7.90. The number of nitrogens with one attached hydrogen (secondary N) is 1. The first-order valence-corrected chi connectivity index (χ1v) is 10.1. The Morgan fingerprint density at radius 2 is 1.72 bits per heavy atom. The van der Waals surface area contributed by atoms with Crippen LogP contribution < -0.4 is 14.9 Å². The Morgan fingerprint density at radius 1 is 1.09 bits per heavy atom. The average molecular weight is 450 g/mol. The predicted octanol–water partition coefficient (Wildman–Crippen LogP) is 2.35. The fraction of sp³-hybridized carbons (Fsp3) is 0.524. The van der Waals surface area contributed by atoms with Crippen molar-refractivity contribution in [3.8, 4) is 11.5 Å². The molecule has 1 heterocycles. The maximum Gasteiger partial charge on any atom is 0.430 e. The Bertz CT molecular complexity index is 953. The zero-order chi connectivity index (χ0) is 23.7. The van der Waals surface area contributed by atoms with Crippen molar-refractivity contribution in [1.82, 2.24) is 10.4 Å². The molecule has 1 aliphatic heterocycles. The molecule has 0 bridgehead atoms. The molecule has 32 heavy (non-hydrogen) atoms. The number of amides is 2. The number of rotatable bonds is 4. The standard InChI is InChI=1S/C21H26N2O9/c1-6-28-18(26)22-23(19(27)29-7-2)21(17(25)32-20(3,4)5)10-12-8-14-15(31-11-30-14)9-13(12)16(21)24/h8-9H,6-7,10-11H2,1-5H3,(H,22,26)/t21-/m1/s1. The minimum Gasteiger partial charge on any atom is -0.458 e. The summed E-state index contributed by atoms with van der Waals surface area (Å²) in [6.07, 6.45) is -2.44. The average Bonchev–Trinajstić information content (AvgIpc) is 3.26. The molecule has 1 atom stereocenters. The van der Waals surface area contributed by atoms with Crippen LogP contribution in [0.25, 0.3) is 0 Å². The number of nitrogens with zero attached hydrogens (tertiary/aromatic N) is 1. The number of Topliss-reactive ketones (excluding diaryl/α,β-unsaturated/α-hetero) is 1. The number of ketones is 1. The minimum atomic E-state index is -2.26. The van der Waals surface area contributed by atoms with Gasteiger partial charge in [-0.05, 0) is 52.3 Å². The third-order valence-electron chi connectivity index (χ3n) is 4.71. The Hall–Kier alpha value is -3.50. The van der Waals surface area contributed by atoms with Gasteiger partial charge < -0.3 is 23.7 Å². The molecule has 0 aromatic heterocycles. The highest BCUT2D eigenvalue weighted by Gasteiger charge is 2.61. The first kappa shape index (κ1) is 23.2. The molecule has 2 amide bonds. The molecule has 3 rings (SSSR count). The number of carbonyl (C=O) groups excluding carboxylic acids is 4.